The molecule has 2 aliphatic heterocycles. The van der Waals surface area contributed by atoms with Crippen LogP contribution in [0.5, 0.6) is 0 Å². The smallest absolute Gasteiger partial charge is 0.436 e. The summed E-state index contributed by atoms with van der Waals surface area (Å²) in [4.78, 5) is 36.4. The first-order chi connectivity index (χ1) is 11.2. The second-order valence-electron chi connectivity index (χ2n) is 5.25. The van der Waals surface area contributed by atoms with Crippen LogP contribution in [0.4, 0.5) is 9.59 Å². The fourth-order valence-corrected chi connectivity index (χ4v) is 2.51. The second-order valence-corrected chi connectivity index (χ2v) is 5.25. The maximum Gasteiger partial charge on any atom is 0.436 e. The van der Waals surface area contributed by atoms with Gasteiger partial charge in [-0.3, -0.25) is 4.79 Å². The number of hydrogen-bond acceptors (Lipinski definition) is 5. The van der Waals surface area contributed by atoms with Gasteiger partial charge in [0.1, 0.15) is 13.2 Å². The first-order valence-electron chi connectivity index (χ1n) is 7.34. The molecule has 2 heterocycles. The van der Waals surface area contributed by atoms with Gasteiger partial charge in [0, 0.05) is 6.08 Å². The third kappa shape index (κ3) is 3.18. The number of benzene rings is 1. The van der Waals surface area contributed by atoms with Crippen molar-refractivity contribution in [1.82, 2.24) is 10.0 Å². The number of hydrazine groups is 1. The number of ether oxygens (including phenoxy) is 2. The van der Waals surface area contributed by atoms with Gasteiger partial charge in [0.05, 0.1) is 6.04 Å². The van der Waals surface area contributed by atoms with Crippen LogP contribution in [0.15, 0.2) is 42.5 Å². The normalized spacial score (nSPS) is 22.0. The molecule has 0 unspecified atom stereocenters. The Kier molecular flexibility index (Phi) is 4.27. The number of carbonyl (C=O) groups is 3. The van der Waals surface area contributed by atoms with Crippen molar-refractivity contribution < 1.29 is 23.9 Å². The number of carbonyl (C=O) groups excluding carboxylic acids is 3. The van der Waals surface area contributed by atoms with E-state index in [0.29, 0.717) is 12.8 Å². The summed E-state index contributed by atoms with van der Waals surface area (Å²) < 4.78 is 10.1. The van der Waals surface area contributed by atoms with E-state index in [-0.39, 0.29) is 19.3 Å². The Hall–Kier alpha value is -2.83. The molecular formula is C16H16N2O5. The number of nitrogens with zero attached hydrogens (tertiary/aromatic N) is 2. The van der Waals surface area contributed by atoms with Crippen molar-refractivity contribution in [2.75, 3.05) is 6.61 Å². The van der Waals surface area contributed by atoms with Crippen molar-refractivity contribution in [2.24, 2.45) is 0 Å². The lowest BCUT2D eigenvalue weighted by Gasteiger charge is -2.31. The van der Waals surface area contributed by atoms with Crippen LogP contribution in [0.3, 0.4) is 0 Å². The molecule has 1 atom stereocenters. The van der Waals surface area contributed by atoms with Crippen LogP contribution < -0.4 is 0 Å². The molecule has 0 bridgehead atoms. The molecule has 1 fully saturated rings. The zero-order valence-electron chi connectivity index (χ0n) is 12.4. The van der Waals surface area contributed by atoms with Gasteiger partial charge >= 0.3 is 12.2 Å². The van der Waals surface area contributed by atoms with Gasteiger partial charge in [-0.2, -0.15) is 5.01 Å². The molecule has 0 radical (unpaired) electrons. The molecule has 1 aromatic rings. The summed E-state index contributed by atoms with van der Waals surface area (Å²) in [5, 5.41) is 1.78. The predicted molar refractivity (Wildman–Crippen MR) is 78.8 cm³/mol. The van der Waals surface area contributed by atoms with Gasteiger partial charge in [-0.25, -0.2) is 9.59 Å². The first kappa shape index (κ1) is 15.1. The minimum absolute atomic E-state index is 0.0146. The fourth-order valence-electron chi connectivity index (χ4n) is 2.51. The van der Waals surface area contributed by atoms with E-state index >= 15 is 0 Å². The number of amides is 3. The van der Waals surface area contributed by atoms with Crippen LogP contribution in [0.2, 0.25) is 0 Å². The summed E-state index contributed by atoms with van der Waals surface area (Å²) in [6, 6.07) is 8.75. The van der Waals surface area contributed by atoms with E-state index < -0.39 is 18.1 Å². The van der Waals surface area contributed by atoms with Crippen molar-refractivity contribution in [1.29, 1.82) is 0 Å². The highest BCUT2D eigenvalue weighted by atomic mass is 16.6. The molecule has 1 aromatic carbocycles. The van der Waals surface area contributed by atoms with Gasteiger partial charge in [0.15, 0.2) is 0 Å². The summed E-state index contributed by atoms with van der Waals surface area (Å²) in [7, 11) is 0. The minimum atomic E-state index is -0.894. The molecule has 7 heteroatoms. The lowest BCUT2D eigenvalue weighted by atomic mass is 10.1. The number of imide groups is 1. The Bertz CT molecular complexity index is 643. The Morgan fingerprint density at radius 1 is 1.26 bits per heavy atom. The molecular weight excluding hydrogens is 300 g/mol. The molecule has 0 saturated carbocycles. The van der Waals surface area contributed by atoms with E-state index in [4.69, 9.17) is 9.47 Å². The quantitative estimate of drug-likeness (QED) is 0.836. The van der Waals surface area contributed by atoms with Crippen LogP contribution in [0, 0.1) is 0 Å². The third-order valence-corrected chi connectivity index (χ3v) is 3.66. The minimum Gasteiger partial charge on any atom is -0.446 e. The predicted octanol–water partition coefficient (Wildman–Crippen LogP) is 2.24. The van der Waals surface area contributed by atoms with Crippen LogP contribution in [-0.4, -0.2) is 40.8 Å². The number of cyclic esters (lactones) is 1. The van der Waals surface area contributed by atoms with Gasteiger partial charge in [-0.1, -0.05) is 36.4 Å². The Balaban J connectivity index is 1.77. The van der Waals surface area contributed by atoms with Crippen molar-refractivity contribution >= 4 is 18.1 Å². The molecule has 120 valence electrons. The highest BCUT2D eigenvalue weighted by Gasteiger charge is 2.43. The molecule has 3 rings (SSSR count). The third-order valence-electron chi connectivity index (χ3n) is 3.66. The number of hydrogen-bond donors (Lipinski definition) is 0. The average molecular weight is 316 g/mol. The molecule has 0 spiro atoms. The molecule has 7 nitrogen and oxygen atoms in total. The van der Waals surface area contributed by atoms with Crippen molar-refractivity contribution in [2.45, 2.75) is 25.5 Å². The fraction of sp³-hybridized carbons (Fsp3) is 0.312. The molecule has 2 aliphatic rings. The van der Waals surface area contributed by atoms with Crippen LogP contribution in [0.25, 0.3) is 0 Å². The van der Waals surface area contributed by atoms with Gasteiger partial charge in [-0.05, 0) is 18.4 Å². The summed E-state index contributed by atoms with van der Waals surface area (Å²) in [5.41, 5.74) is 0.788. The van der Waals surface area contributed by atoms with Gasteiger partial charge in [-0.15, -0.1) is 5.01 Å². The monoisotopic (exact) mass is 316 g/mol. The molecule has 0 aromatic heterocycles. The van der Waals surface area contributed by atoms with E-state index in [1.807, 2.05) is 18.2 Å². The lowest BCUT2D eigenvalue weighted by molar-refractivity contribution is -0.137. The van der Waals surface area contributed by atoms with Crippen molar-refractivity contribution in [3.05, 3.63) is 48.0 Å². The Labute approximate surface area is 133 Å². The molecule has 23 heavy (non-hydrogen) atoms. The SMILES string of the molecule is O=C1/C=C\CC[C@@H]2COC(=O)N2N1C(=O)OCc1ccccc1. The summed E-state index contributed by atoms with van der Waals surface area (Å²) >= 11 is 0. The average Bonchev–Trinajstić information content (AvgIpc) is 2.89. The van der Waals surface area contributed by atoms with Crippen LogP contribution in [0.1, 0.15) is 18.4 Å². The van der Waals surface area contributed by atoms with Crippen molar-refractivity contribution in [3.8, 4) is 0 Å². The Morgan fingerprint density at radius 3 is 2.83 bits per heavy atom. The van der Waals surface area contributed by atoms with E-state index in [1.54, 1.807) is 18.2 Å². The zero-order chi connectivity index (χ0) is 16.2. The van der Waals surface area contributed by atoms with Gasteiger partial charge < -0.3 is 9.47 Å². The Morgan fingerprint density at radius 2 is 2.04 bits per heavy atom. The maximum atomic E-state index is 12.3. The maximum absolute atomic E-state index is 12.3. The van der Waals surface area contributed by atoms with E-state index in [1.165, 1.54) is 6.08 Å². The molecule has 0 aliphatic carbocycles. The van der Waals surface area contributed by atoms with Crippen molar-refractivity contribution in [3.63, 3.8) is 0 Å². The number of rotatable bonds is 2. The van der Waals surface area contributed by atoms with Gasteiger partial charge in [0.25, 0.3) is 5.91 Å². The molecule has 1 saturated heterocycles. The largest absolute Gasteiger partial charge is 0.446 e. The summed E-state index contributed by atoms with van der Waals surface area (Å²) in [6.45, 7) is 0.170. The standard InChI is InChI=1S/C16H16N2O5/c19-14-9-5-4-8-13-11-23-15(20)17(13)18(14)16(21)22-10-12-6-2-1-3-7-12/h1-3,5-7,9,13H,4,8,10-11H2/b9-5-/t13-/m1/s1. The van der Waals surface area contributed by atoms with E-state index in [9.17, 15) is 14.4 Å². The number of allylic oxidation sites excluding steroid dienone is 1. The topological polar surface area (TPSA) is 76.2 Å². The van der Waals surface area contributed by atoms with Gasteiger partial charge in [0.2, 0.25) is 0 Å². The lowest BCUT2D eigenvalue weighted by Crippen LogP contribution is -2.54. The van der Waals surface area contributed by atoms with E-state index in [0.717, 1.165) is 15.6 Å². The highest BCUT2D eigenvalue weighted by molar-refractivity contribution is 5.99. The second kappa shape index (κ2) is 6.51. The summed E-state index contributed by atoms with van der Waals surface area (Å²) in [5.74, 6) is -0.619. The van der Waals surface area contributed by atoms with Crippen LogP contribution >= 0.6 is 0 Å². The highest BCUT2D eigenvalue weighted by Crippen LogP contribution is 2.23. The number of fused-ring (bicyclic) bond motifs is 1. The summed E-state index contributed by atoms with van der Waals surface area (Å²) in [6.07, 6.45) is 2.59. The molecule has 0 N–H and O–H groups in total. The molecule has 3 amide bonds. The zero-order valence-corrected chi connectivity index (χ0v) is 12.4. The van der Waals surface area contributed by atoms with E-state index in [2.05, 4.69) is 0 Å². The first-order valence-corrected chi connectivity index (χ1v) is 7.34. The van der Waals surface area contributed by atoms with Crippen LogP contribution in [-0.2, 0) is 20.9 Å².